The molecule has 1 aromatic carbocycles. The van der Waals surface area contributed by atoms with Gasteiger partial charge < -0.3 is 14.6 Å². The van der Waals surface area contributed by atoms with Gasteiger partial charge in [-0.2, -0.15) is 0 Å². The van der Waals surface area contributed by atoms with Crippen LogP contribution in [0.3, 0.4) is 0 Å². The van der Waals surface area contributed by atoms with Crippen molar-refractivity contribution in [1.82, 2.24) is 0 Å². The van der Waals surface area contributed by atoms with E-state index in [0.29, 0.717) is 19.8 Å². The van der Waals surface area contributed by atoms with Gasteiger partial charge in [-0.25, -0.2) is 0 Å². The molecular formula is C14H17NO3S. The molecule has 1 aromatic heterocycles. The van der Waals surface area contributed by atoms with Gasteiger partial charge >= 0.3 is 0 Å². The van der Waals surface area contributed by atoms with Crippen molar-refractivity contribution in [2.24, 2.45) is 4.99 Å². The first-order valence-electron chi connectivity index (χ1n) is 6.13. The number of benzene rings is 1. The second kappa shape index (κ2) is 6.54. The Morgan fingerprint density at radius 1 is 1.42 bits per heavy atom. The fourth-order valence-corrected chi connectivity index (χ4v) is 2.69. The Bertz CT molecular complexity index is 577. The molecule has 0 spiro atoms. The molecule has 0 unspecified atom stereocenters. The highest BCUT2D eigenvalue weighted by molar-refractivity contribution is 7.21. The standard InChI is InChI=1S/C14H17NO3S/c1-3-18-10-4-5-12-11(8-10)14(16)13(19-12)9-15-6-7-17-2/h4-5,8-9,16H,3,6-7H2,1-2H3. The molecule has 0 saturated carbocycles. The lowest BCUT2D eigenvalue weighted by molar-refractivity contribution is 0.208. The molecule has 0 amide bonds. The van der Waals surface area contributed by atoms with Crippen LogP contribution in [0.1, 0.15) is 11.8 Å². The van der Waals surface area contributed by atoms with Crippen LogP contribution in [0.25, 0.3) is 10.1 Å². The van der Waals surface area contributed by atoms with Gasteiger partial charge in [0.2, 0.25) is 0 Å². The quantitative estimate of drug-likeness (QED) is 0.653. The normalized spacial score (nSPS) is 11.5. The second-order valence-electron chi connectivity index (χ2n) is 3.93. The first kappa shape index (κ1) is 13.8. The zero-order chi connectivity index (χ0) is 13.7. The maximum atomic E-state index is 10.2. The number of ether oxygens (including phenoxy) is 2. The van der Waals surface area contributed by atoms with E-state index in [-0.39, 0.29) is 5.75 Å². The van der Waals surface area contributed by atoms with Crippen molar-refractivity contribution >= 4 is 27.6 Å². The van der Waals surface area contributed by atoms with Crippen LogP contribution in [-0.4, -0.2) is 38.2 Å². The van der Waals surface area contributed by atoms with Crippen molar-refractivity contribution in [2.75, 3.05) is 26.9 Å². The van der Waals surface area contributed by atoms with Crippen molar-refractivity contribution < 1.29 is 14.6 Å². The summed E-state index contributed by atoms with van der Waals surface area (Å²) in [6.45, 7) is 3.72. The van der Waals surface area contributed by atoms with Crippen LogP contribution in [0.2, 0.25) is 0 Å². The minimum absolute atomic E-state index is 0.266. The van der Waals surface area contributed by atoms with E-state index in [4.69, 9.17) is 9.47 Å². The molecule has 0 bridgehead atoms. The molecule has 0 fully saturated rings. The van der Waals surface area contributed by atoms with Crippen LogP contribution in [0.5, 0.6) is 11.5 Å². The van der Waals surface area contributed by atoms with Crippen LogP contribution in [0.4, 0.5) is 0 Å². The Morgan fingerprint density at radius 2 is 2.26 bits per heavy atom. The molecule has 19 heavy (non-hydrogen) atoms. The number of hydrogen-bond donors (Lipinski definition) is 1. The fourth-order valence-electron chi connectivity index (χ4n) is 1.72. The van der Waals surface area contributed by atoms with E-state index >= 15 is 0 Å². The third kappa shape index (κ3) is 3.24. The van der Waals surface area contributed by atoms with E-state index in [0.717, 1.165) is 20.7 Å². The lowest BCUT2D eigenvalue weighted by Crippen LogP contribution is -1.92. The minimum atomic E-state index is 0.266. The lowest BCUT2D eigenvalue weighted by atomic mass is 10.2. The van der Waals surface area contributed by atoms with E-state index < -0.39 is 0 Å². The molecule has 0 radical (unpaired) electrons. The van der Waals surface area contributed by atoms with Gasteiger partial charge in [0, 0.05) is 23.4 Å². The van der Waals surface area contributed by atoms with Crippen molar-refractivity contribution in [2.45, 2.75) is 6.92 Å². The van der Waals surface area contributed by atoms with Crippen LogP contribution < -0.4 is 4.74 Å². The smallest absolute Gasteiger partial charge is 0.143 e. The topological polar surface area (TPSA) is 51.0 Å². The predicted octanol–water partition coefficient (Wildman–Crippen LogP) is 3.07. The first-order valence-corrected chi connectivity index (χ1v) is 6.95. The summed E-state index contributed by atoms with van der Waals surface area (Å²) in [6.07, 6.45) is 1.69. The Labute approximate surface area is 116 Å². The molecule has 0 atom stereocenters. The van der Waals surface area contributed by atoms with E-state index in [9.17, 15) is 5.11 Å². The summed E-state index contributed by atoms with van der Waals surface area (Å²) in [5.74, 6) is 1.04. The van der Waals surface area contributed by atoms with Crippen LogP contribution >= 0.6 is 11.3 Å². The van der Waals surface area contributed by atoms with Gasteiger partial charge in [-0.05, 0) is 25.1 Å². The van der Waals surface area contributed by atoms with Crippen LogP contribution in [-0.2, 0) is 4.74 Å². The predicted molar refractivity (Wildman–Crippen MR) is 79.0 cm³/mol. The Hall–Kier alpha value is -1.59. The van der Waals surface area contributed by atoms with E-state index in [2.05, 4.69) is 4.99 Å². The number of aromatic hydroxyl groups is 1. The lowest BCUT2D eigenvalue weighted by Gasteiger charge is -2.01. The SMILES string of the molecule is CCOc1ccc2sc(C=NCCOC)c(O)c2c1. The summed E-state index contributed by atoms with van der Waals surface area (Å²) in [5.41, 5.74) is 0. The molecule has 2 aromatic rings. The highest BCUT2D eigenvalue weighted by Gasteiger charge is 2.10. The number of methoxy groups -OCH3 is 1. The van der Waals surface area contributed by atoms with Gasteiger partial charge in [0.05, 0.1) is 24.6 Å². The zero-order valence-electron chi connectivity index (χ0n) is 11.0. The van der Waals surface area contributed by atoms with Gasteiger partial charge in [0.15, 0.2) is 0 Å². The Balaban J connectivity index is 2.26. The third-order valence-electron chi connectivity index (χ3n) is 2.60. The fraction of sp³-hybridized carbons (Fsp3) is 0.357. The third-order valence-corrected chi connectivity index (χ3v) is 3.70. The molecule has 0 aliphatic carbocycles. The van der Waals surface area contributed by atoms with Gasteiger partial charge in [0.1, 0.15) is 11.5 Å². The molecule has 0 aliphatic heterocycles. The Kier molecular flexibility index (Phi) is 4.76. The summed E-state index contributed by atoms with van der Waals surface area (Å²) < 4.78 is 11.4. The highest BCUT2D eigenvalue weighted by Crippen LogP contribution is 2.37. The number of nitrogens with zero attached hydrogens (tertiary/aromatic N) is 1. The van der Waals surface area contributed by atoms with Crippen molar-refractivity contribution in [1.29, 1.82) is 0 Å². The summed E-state index contributed by atoms with van der Waals surface area (Å²) in [4.78, 5) is 4.98. The number of rotatable bonds is 6. The van der Waals surface area contributed by atoms with Crippen LogP contribution in [0, 0.1) is 0 Å². The van der Waals surface area contributed by atoms with E-state index in [1.165, 1.54) is 11.3 Å². The van der Waals surface area contributed by atoms with Gasteiger partial charge in [0.25, 0.3) is 0 Å². The zero-order valence-corrected chi connectivity index (χ0v) is 11.9. The van der Waals surface area contributed by atoms with Gasteiger partial charge in [-0.3, -0.25) is 4.99 Å². The number of thiophene rings is 1. The van der Waals surface area contributed by atoms with Crippen molar-refractivity contribution in [3.63, 3.8) is 0 Å². The van der Waals surface area contributed by atoms with Crippen molar-refractivity contribution in [3.8, 4) is 11.5 Å². The van der Waals surface area contributed by atoms with Gasteiger partial charge in [-0.15, -0.1) is 11.3 Å². The maximum Gasteiger partial charge on any atom is 0.143 e. The summed E-state index contributed by atoms with van der Waals surface area (Å²) in [5, 5.41) is 11.0. The number of aliphatic imine (C=N–C) groups is 1. The summed E-state index contributed by atoms with van der Waals surface area (Å²) in [6, 6.07) is 5.72. The Morgan fingerprint density at radius 3 is 3.00 bits per heavy atom. The molecule has 2 rings (SSSR count). The van der Waals surface area contributed by atoms with E-state index in [1.807, 2.05) is 25.1 Å². The first-order chi connectivity index (χ1) is 9.26. The largest absolute Gasteiger partial charge is 0.506 e. The molecule has 0 saturated heterocycles. The molecule has 5 heteroatoms. The van der Waals surface area contributed by atoms with Crippen LogP contribution in [0.15, 0.2) is 23.2 Å². The summed E-state index contributed by atoms with van der Waals surface area (Å²) in [7, 11) is 1.64. The second-order valence-corrected chi connectivity index (χ2v) is 5.02. The molecule has 1 heterocycles. The average Bonchev–Trinajstić information content (AvgIpc) is 2.72. The molecule has 1 N–H and O–H groups in total. The molecular weight excluding hydrogens is 262 g/mol. The summed E-state index contributed by atoms with van der Waals surface area (Å²) >= 11 is 1.51. The van der Waals surface area contributed by atoms with E-state index in [1.54, 1.807) is 13.3 Å². The highest BCUT2D eigenvalue weighted by atomic mass is 32.1. The minimum Gasteiger partial charge on any atom is -0.506 e. The molecule has 0 aliphatic rings. The van der Waals surface area contributed by atoms with Crippen molar-refractivity contribution in [3.05, 3.63) is 23.1 Å². The monoisotopic (exact) mass is 279 g/mol. The maximum absolute atomic E-state index is 10.2. The van der Waals surface area contributed by atoms with Gasteiger partial charge in [-0.1, -0.05) is 0 Å². The molecule has 4 nitrogen and oxygen atoms in total. The number of hydrogen-bond acceptors (Lipinski definition) is 5. The number of fused-ring (bicyclic) bond motifs is 1. The molecule has 102 valence electrons. The average molecular weight is 279 g/mol.